The highest BCUT2D eigenvalue weighted by atomic mass is 16.5. The van der Waals surface area contributed by atoms with E-state index in [2.05, 4.69) is 20.7 Å². The Morgan fingerprint density at radius 3 is 2.63 bits per heavy atom. The molecule has 1 N–H and O–H groups in total. The number of benzene rings is 2. The van der Waals surface area contributed by atoms with Crippen molar-refractivity contribution in [2.24, 2.45) is 0 Å². The van der Waals surface area contributed by atoms with Crippen molar-refractivity contribution >= 4 is 5.91 Å². The Balaban J connectivity index is 1.60. The van der Waals surface area contributed by atoms with Crippen LogP contribution >= 0.6 is 0 Å². The van der Waals surface area contributed by atoms with E-state index in [-0.39, 0.29) is 12.5 Å². The average Bonchev–Trinajstić information content (AvgIpc) is 3.14. The molecule has 0 aliphatic rings. The summed E-state index contributed by atoms with van der Waals surface area (Å²) in [6.07, 6.45) is 0. The molecule has 0 fully saturated rings. The lowest BCUT2D eigenvalue weighted by atomic mass is 10.1. The predicted octanol–water partition coefficient (Wildman–Crippen LogP) is 1.98. The Labute approximate surface area is 157 Å². The number of aryl methyl sites for hydroxylation is 1. The predicted molar refractivity (Wildman–Crippen MR) is 99.4 cm³/mol. The number of tetrazole rings is 1. The molecule has 0 saturated heterocycles. The number of ether oxygens (including phenoxy) is 2. The SMILES string of the molecule is COc1ccc(CNC(=O)Cn2nnc(-c3ccccc3C)n2)cc1OC. The summed E-state index contributed by atoms with van der Waals surface area (Å²) in [4.78, 5) is 13.5. The molecule has 0 saturated carbocycles. The average molecular weight is 367 g/mol. The van der Waals surface area contributed by atoms with Gasteiger partial charge in [-0.3, -0.25) is 4.79 Å². The number of methoxy groups -OCH3 is 2. The molecular weight excluding hydrogens is 346 g/mol. The van der Waals surface area contributed by atoms with Crippen molar-refractivity contribution in [2.75, 3.05) is 14.2 Å². The first kappa shape index (κ1) is 18.4. The van der Waals surface area contributed by atoms with E-state index in [4.69, 9.17) is 9.47 Å². The number of carbonyl (C=O) groups excluding carboxylic acids is 1. The summed E-state index contributed by atoms with van der Waals surface area (Å²) in [5.41, 5.74) is 2.84. The fourth-order valence-electron chi connectivity index (χ4n) is 2.62. The van der Waals surface area contributed by atoms with Crippen molar-refractivity contribution in [2.45, 2.75) is 20.0 Å². The van der Waals surface area contributed by atoms with Gasteiger partial charge in [0.25, 0.3) is 0 Å². The number of amides is 1. The Bertz CT molecular complexity index is 939. The van der Waals surface area contributed by atoms with E-state index in [1.807, 2.05) is 43.3 Å². The lowest BCUT2D eigenvalue weighted by Crippen LogP contribution is -2.28. The van der Waals surface area contributed by atoms with Gasteiger partial charge in [0.05, 0.1) is 14.2 Å². The number of aromatic nitrogens is 4. The van der Waals surface area contributed by atoms with Crippen LogP contribution in [0.15, 0.2) is 42.5 Å². The summed E-state index contributed by atoms with van der Waals surface area (Å²) >= 11 is 0. The van der Waals surface area contributed by atoms with Crippen LogP contribution < -0.4 is 14.8 Å². The molecule has 1 heterocycles. The number of rotatable bonds is 7. The topological polar surface area (TPSA) is 91.2 Å². The van der Waals surface area contributed by atoms with Gasteiger partial charge in [0, 0.05) is 12.1 Å². The number of hydrogen-bond donors (Lipinski definition) is 1. The molecule has 1 amide bonds. The second kappa shape index (κ2) is 8.31. The van der Waals surface area contributed by atoms with Crippen LogP contribution in [0, 0.1) is 6.92 Å². The monoisotopic (exact) mass is 367 g/mol. The maximum Gasteiger partial charge on any atom is 0.243 e. The minimum absolute atomic E-state index is 0.00777. The van der Waals surface area contributed by atoms with Crippen LogP contribution in [0.5, 0.6) is 11.5 Å². The lowest BCUT2D eigenvalue weighted by molar-refractivity contribution is -0.122. The number of nitrogens with one attached hydrogen (secondary N) is 1. The highest BCUT2D eigenvalue weighted by molar-refractivity contribution is 5.75. The van der Waals surface area contributed by atoms with Crippen LogP contribution in [0.1, 0.15) is 11.1 Å². The second-order valence-electron chi connectivity index (χ2n) is 5.92. The molecule has 0 atom stereocenters. The quantitative estimate of drug-likeness (QED) is 0.687. The van der Waals surface area contributed by atoms with Gasteiger partial charge in [-0.05, 0) is 35.4 Å². The van der Waals surface area contributed by atoms with Crippen LogP contribution in [0.25, 0.3) is 11.4 Å². The maximum atomic E-state index is 12.2. The maximum absolute atomic E-state index is 12.2. The Morgan fingerprint density at radius 2 is 1.89 bits per heavy atom. The standard InChI is InChI=1S/C19H21N5O3/c1-13-6-4-5-7-15(13)19-21-23-24(22-19)12-18(25)20-11-14-8-9-16(26-2)17(10-14)27-3/h4-10H,11-12H2,1-3H3,(H,20,25). The molecule has 0 spiro atoms. The van der Waals surface area contributed by atoms with Crippen LogP contribution in [-0.4, -0.2) is 40.3 Å². The first-order valence-electron chi connectivity index (χ1n) is 8.42. The zero-order valence-electron chi connectivity index (χ0n) is 15.5. The largest absolute Gasteiger partial charge is 0.493 e. The summed E-state index contributed by atoms with van der Waals surface area (Å²) in [5.74, 6) is 1.55. The lowest BCUT2D eigenvalue weighted by Gasteiger charge is -2.10. The number of hydrogen-bond acceptors (Lipinski definition) is 6. The van der Waals surface area contributed by atoms with Crippen molar-refractivity contribution in [3.05, 3.63) is 53.6 Å². The van der Waals surface area contributed by atoms with Crippen molar-refractivity contribution in [1.29, 1.82) is 0 Å². The molecule has 2 aromatic carbocycles. The zero-order valence-corrected chi connectivity index (χ0v) is 15.5. The minimum Gasteiger partial charge on any atom is -0.493 e. The summed E-state index contributed by atoms with van der Waals surface area (Å²) in [6, 6.07) is 13.3. The molecule has 0 bridgehead atoms. The molecule has 0 unspecified atom stereocenters. The molecule has 1 aromatic heterocycles. The van der Waals surface area contributed by atoms with Crippen molar-refractivity contribution in [1.82, 2.24) is 25.5 Å². The van der Waals surface area contributed by atoms with Gasteiger partial charge >= 0.3 is 0 Å². The van der Waals surface area contributed by atoms with Crippen LogP contribution in [0.2, 0.25) is 0 Å². The van der Waals surface area contributed by atoms with E-state index in [9.17, 15) is 4.79 Å². The van der Waals surface area contributed by atoms with Gasteiger partial charge in [-0.1, -0.05) is 30.3 Å². The smallest absolute Gasteiger partial charge is 0.243 e. The zero-order chi connectivity index (χ0) is 19.2. The van der Waals surface area contributed by atoms with Gasteiger partial charge in [-0.15, -0.1) is 10.2 Å². The normalized spacial score (nSPS) is 10.5. The molecule has 3 aromatic rings. The minimum atomic E-state index is -0.210. The summed E-state index contributed by atoms with van der Waals surface area (Å²) in [6.45, 7) is 2.33. The van der Waals surface area contributed by atoms with E-state index < -0.39 is 0 Å². The summed E-state index contributed by atoms with van der Waals surface area (Å²) in [5, 5.41) is 15.1. The molecule has 8 heteroatoms. The van der Waals surface area contributed by atoms with Crippen LogP contribution in [-0.2, 0) is 17.9 Å². The van der Waals surface area contributed by atoms with Gasteiger partial charge < -0.3 is 14.8 Å². The first-order chi connectivity index (χ1) is 13.1. The van der Waals surface area contributed by atoms with Gasteiger partial charge in [-0.2, -0.15) is 4.80 Å². The molecule has 8 nitrogen and oxygen atoms in total. The van der Waals surface area contributed by atoms with E-state index in [1.165, 1.54) is 4.80 Å². The highest BCUT2D eigenvalue weighted by Gasteiger charge is 2.11. The van der Waals surface area contributed by atoms with Gasteiger partial charge in [0.15, 0.2) is 11.5 Å². The fourth-order valence-corrected chi connectivity index (χ4v) is 2.62. The van der Waals surface area contributed by atoms with Crippen LogP contribution in [0.4, 0.5) is 0 Å². The van der Waals surface area contributed by atoms with E-state index in [0.717, 1.165) is 16.7 Å². The van der Waals surface area contributed by atoms with Crippen molar-refractivity contribution in [3.63, 3.8) is 0 Å². The van der Waals surface area contributed by atoms with Crippen molar-refractivity contribution in [3.8, 4) is 22.9 Å². The molecule has 3 rings (SSSR count). The third kappa shape index (κ3) is 4.41. The van der Waals surface area contributed by atoms with Crippen molar-refractivity contribution < 1.29 is 14.3 Å². The highest BCUT2D eigenvalue weighted by Crippen LogP contribution is 2.27. The first-order valence-corrected chi connectivity index (χ1v) is 8.42. The third-order valence-corrected chi connectivity index (χ3v) is 4.06. The van der Waals surface area contributed by atoms with E-state index >= 15 is 0 Å². The molecule has 0 radical (unpaired) electrons. The Kier molecular flexibility index (Phi) is 5.65. The van der Waals surface area contributed by atoms with Gasteiger partial charge in [-0.25, -0.2) is 0 Å². The van der Waals surface area contributed by atoms with Gasteiger partial charge in [0.1, 0.15) is 6.54 Å². The van der Waals surface area contributed by atoms with Gasteiger partial charge in [0.2, 0.25) is 11.7 Å². The second-order valence-corrected chi connectivity index (χ2v) is 5.92. The van der Waals surface area contributed by atoms with E-state index in [0.29, 0.717) is 23.9 Å². The Morgan fingerprint density at radius 1 is 1.11 bits per heavy atom. The molecular formula is C19H21N5O3. The number of carbonyl (C=O) groups is 1. The molecule has 0 aliphatic heterocycles. The van der Waals surface area contributed by atoms with Crippen LogP contribution in [0.3, 0.4) is 0 Å². The summed E-state index contributed by atoms with van der Waals surface area (Å²) < 4.78 is 10.5. The van der Waals surface area contributed by atoms with E-state index in [1.54, 1.807) is 20.3 Å². The fraction of sp³-hybridized carbons (Fsp3) is 0.263. The molecule has 0 aliphatic carbocycles. The third-order valence-electron chi connectivity index (χ3n) is 4.06. The molecule has 27 heavy (non-hydrogen) atoms. The Hall–Kier alpha value is -3.42. The summed E-state index contributed by atoms with van der Waals surface area (Å²) in [7, 11) is 3.15. The number of nitrogens with zero attached hydrogens (tertiary/aromatic N) is 4. The molecule has 140 valence electrons.